The molecule has 7 nitrogen and oxygen atoms in total. The zero-order valence-electron chi connectivity index (χ0n) is 14.2. The number of aliphatic imine (C=N–C) groups is 1. The Labute approximate surface area is 158 Å². The van der Waals surface area contributed by atoms with Crippen molar-refractivity contribution in [2.24, 2.45) is 4.99 Å². The molecule has 0 N–H and O–H groups in total. The molecule has 0 saturated carbocycles. The number of aryl methyl sites for hydroxylation is 1. The van der Waals surface area contributed by atoms with E-state index in [1.807, 2.05) is 54.0 Å². The molecular formula is C19H13ClN4O3. The zero-order chi connectivity index (χ0) is 19.0. The van der Waals surface area contributed by atoms with Crippen molar-refractivity contribution in [1.29, 1.82) is 0 Å². The van der Waals surface area contributed by atoms with Crippen molar-refractivity contribution in [3.8, 4) is 5.69 Å². The van der Waals surface area contributed by atoms with Crippen molar-refractivity contribution in [2.75, 3.05) is 0 Å². The summed E-state index contributed by atoms with van der Waals surface area (Å²) in [6.07, 6.45) is 1.44. The van der Waals surface area contributed by atoms with Gasteiger partial charge in [-0.05, 0) is 55.5 Å². The largest absolute Gasteiger partial charge is 0.433 e. The number of hydrogen-bond acceptors (Lipinski definition) is 5. The maximum Gasteiger partial charge on any atom is 0.433 e. The number of aromatic nitrogens is 2. The molecule has 8 heteroatoms. The van der Waals surface area contributed by atoms with Gasteiger partial charge in [0.25, 0.3) is 0 Å². The third-order valence-corrected chi connectivity index (χ3v) is 4.28. The summed E-state index contributed by atoms with van der Waals surface area (Å²) >= 11 is 5.97. The number of halogens is 1. The van der Waals surface area contributed by atoms with Gasteiger partial charge in [0.1, 0.15) is 10.7 Å². The summed E-state index contributed by atoms with van der Waals surface area (Å²) in [4.78, 5) is 19.0. The Morgan fingerprint density at radius 1 is 1.19 bits per heavy atom. The normalized spacial score (nSPS) is 11.5. The van der Waals surface area contributed by atoms with E-state index in [-0.39, 0.29) is 5.88 Å². The molecule has 2 aromatic heterocycles. The number of rotatable bonds is 4. The van der Waals surface area contributed by atoms with Gasteiger partial charge in [-0.1, -0.05) is 11.6 Å². The first-order chi connectivity index (χ1) is 13.0. The predicted octanol–water partition coefficient (Wildman–Crippen LogP) is 5.24. The van der Waals surface area contributed by atoms with Gasteiger partial charge >= 0.3 is 5.88 Å². The average molecular weight is 381 g/mol. The minimum atomic E-state index is -0.588. The summed E-state index contributed by atoms with van der Waals surface area (Å²) in [5, 5.41) is 11.3. The Hall–Kier alpha value is -3.45. The Morgan fingerprint density at radius 2 is 1.96 bits per heavy atom. The van der Waals surface area contributed by atoms with E-state index in [1.165, 1.54) is 18.3 Å². The van der Waals surface area contributed by atoms with Gasteiger partial charge in [-0.3, -0.25) is 19.7 Å². The first-order valence-corrected chi connectivity index (χ1v) is 8.42. The van der Waals surface area contributed by atoms with Gasteiger partial charge in [0.15, 0.2) is 5.76 Å². The number of imidazole rings is 1. The fourth-order valence-electron chi connectivity index (χ4n) is 2.83. The molecule has 0 amide bonds. The molecule has 0 fully saturated rings. The molecule has 0 atom stereocenters. The number of furan rings is 1. The molecule has 0 radical (unpaired) electrons. The van der Waals surface area contributed by atoms with Crippen LogP contribution in [-0.4, -0.2) is 20.7 Å². The van der Waals surface area contributed by atoms with Gasteiger partial charge in [-0.25, -0.2) is 4.98 Å². The fourth-order valence-corrected chi connectivity index (χ4v) is 2.96. The molecule has 0 aliphatic rings. The number of hydrogen-bond donors (Lipinski definition) is 0. The summed E-state index contributed by atoms with van der Waals surface area (Å²) in [5.74, 6) is 0.837. The zero-order valence-corrected chi connectivity index (χ0v) is 14.9. The SMILES string of the molecule is Cc1nc2cc(N=Cc3ccc([N+](=O)[O-])o3)ccc2n1-c1ccc(Cl)cc1. The molecule has 0 unspecified atom stereocenters. The fraction of sp³-hybridized carbons (Fsp3) is 0.0526. The molecule has 0 saturated heterocycles. The number of benzene rings is 2. The van der Waals surface area contributed by atoms with Crippen molar-refractivity contribution in [3.63, 3.8) is 0 Å². The standard InChI is InChI=1S/C19H13ClN4O3/c1-12-22-17-10-14(21-11-16-7-9-19(27-16)24(25)26)4-8-18(17)23(12)15-5-2-13(20)3-6-15/h2-11H,1H3. The summed E-state index contributed by atoms with van der Waals surface area (Å²) < 4.78 is 7.10. The van der Waals surface area contributed by atoms with Crippen molar-refractivity contribution >= 4 is 40.4 Å². The van der Waals surface area contributed by atoms with Gasteiger partial charge < -0.3 is 4.42 Å². The Bertz CT molecular complexity index is 1180. The highest BCUT2D eigenvalue weighted by molar-refractivity contribution is 6.30. The number of fused-ring (bicyclic) bond motifs is 1. The van der Waals surface area contributed by atoms with Crippen LogP contribution in [-0.2, 0) is 0 Å². The summed E-state index contributed by atoms with van der Waals surface area (Å²) in [7, 11) is 0. The lowest BCUT2D eigenvalue weighted by atomic mass is 10.2. The van der Waals surface area contributed by atoms with Crippen LogP contribution in [0.2, 0.25) is 5.02 Å². The molecule has 134 valence electrons. The monoisotopic (exact) mass is 380 g/mol. The molecule has 0 aliphatic heterocycles. The molecule has 4 aromatic rings. The van der Waals surface area contributed by atoms with Crippen molar-refractivity contribution in [3.05, 3.63) is 81.3 Å². The van der Waals surface area contributed by atoms with Gasteiger partial charge in [0, 0.05) is 10.7 Å². The molecule has 4 rings (SSSR count). The van der Waals surface area contributed by atoms with Gasteiger partial charge in [-0.15, -0.1) is 0 Å². The van der Waals surface area contributed by atoms with Crippen LogP contribution in [0.1, 0.15) is 11.6 Å². The second kappa shape index (κ2) is 6.69. The van der Waals surface area contributed by atoms with Crippen LogP contribution < -0.4 is 0 Å². The quantitative estimate of drug-likeness (QED) is 0.275. The summed E-state index contributed by atoms with van der Waals surface area (Å²) in [5.41, 5.74) is 3.38. The van der Waals surface area contributed by atoms with Gasteiger partial charge in [0.05, 0.1) is 29.0 Å². The van der Waals surface area contributed by atoms with Crippen molar-refractivity contribution in [2.45, 2.75) is 6.92 Å². The van der Waals surface area contributed by atoms with E-state index in [9.17, 15) is 10.1 Å². The van der Waals surface area contributed by atoms with E-state index in [0.29, 0.717) is 16.5 Å². The Morgan fingerprint density at radius 3 is 2.67 bits per heavy atom. The Balaban J connectivity index is 1.67. The van der Waals surface area contributed by atoms with E-state index in [4.69, 9.17) is 16.0 Å². The molecule has 27 heavy (non-hydrogen) atoms. The maximum atomic E-state index is 10.7. The van der Waals surface area contributed by atoms with Crippen LogP contribution in [0.3, 0.4) is 0 Å². The van der Waals surface area contributed by atoms with Crippen LogP contribution in [0, 0.1) is 17.0 Å². The first-order valence-electron chi connectivity index (χ1n) is 8.04. The van der Waals surface area contributed by atoms with E-state index in [1.54, 1.807) is 0 Å². The molecular weight excluding hydrogens is 368 g/mol. The van der Waals surface area contributed by atoms with Crippen molar-refractivity contribution in [1.82, 2.24) is 9.55 Å². The van der Waals surface area contributed by atoms with Crippen LogP contribution in [0.4, 0.5) is 11.6 Å². The Kier molecular flexibility index (Phi) is 4.21. The van der Waals surface area contributed by atoms with E-state index < -0.39 is 4.92 Å². The highest BCUT2D eigenvalue weighted by Crippen LogP contribution is 2.26. The average Bonchev–Trinajstić information content (AvgIpc) is 3.24. The lowest BCUT2D eigenvalue weighted by Crippen LogP contribution is -1.96. The second-order valence-corrected chi connectivity index (χ2v) is 6.27. The highest BCUT2D eigenvalue weighted by Gasteiger charge is 2.11. The number of nitrogens with zero attached hydrogens (tertiary/aromatic N) is 4. The molecule has 0 aliphatic carbocycles. The molecule has 0 spiro atoms. The minimum Gasteiger partial charge on any atom is -0.400 e. The third kappa shape index (κ3) is 3.32. The van der Waals surface area contributed by atoms with Crippen molar-refractivity contribution < 1.29 is 9.34 Å². The summed E-state index contributed by atoms with van der Waals surface area (Å²) in [6.45, 7) is 1.93. The van der Waals surface area contributed by atoms with Crippen LogP contribution in [0.5, 0.6) is 0 Å². The predicted molar refractivity (Wildman–Crippen MR) is 103 cm³/mol. The summed E-state index contributed by atoms with van der Waals surface area (Å²) in [6, 6.07) is 16.0. The van der Waals surface area contributed by atoms with Crippen LogP contribution >= 0.6 is 11.6 Å². The molecule has 2 aromatic carbocycles. The molecule has 0 bridgehead atoms. The number of nitro groups is 1. The van der Waals surface area contributed by atoms with Gasteiger partial charge in [-0.2, -0.15) is 0 Å². The highest BCUT2D eigenvalue weighted by atomic mass is 35.5. The van der Waals surface area contributed by atoms with E-state index in [2.05, 4.69) is 9.98 Å². The second-order valence-electron chi connectivity index (χ2n) is 5.84. The minimum absolute atomic E-state index is 0.310. The van der Waals surface area contributed by atoms with Crippen LogP contribution in [0.15, 0.2) is 64.0 Å². The van der Waals surface area contributed by atoms with Gasteiger partial charge in [0.2, 0.25) is 0 Å². The third-order valence-electron chi connectivity index (χ3n) is 4.02. The maximum absolute atomic E-state index is 10.7. The lowest BCUT2D eigenvalue weighted by molar-refractivity contribution is -0.402. The molecule has 2 heterocycles. The smallest absolute Gasteiger partial charge is 0.400 e. The lowest BCUT2D eigenvalue weighted by Gasteiger charge is -2.07. The van der Waals surface area contributed by atoms with E-state index in [0.717, 1.165) is 22.5 Å². The van der Waals surface area contributed by atoms with E-state index >= 15 is 0 Å². The first kappa shape index (κ1) is 17.0. The van der Waals surface area contributed by atoms with Crippen LogP contribution in [0.25, 0.3) is 16.7 Å². The topological polar surface area (TPSA) is 86.5 Å².